The van der Waals surface area contributed by atoms with Crippen molar-refractivity contribution in [2.24, 2.45) is 11.8 Å². The van der Waals surface area contributed by atoms with Crippen molar-refractivity contribution in [2.45, 2.75) is 23.6 Å². The Morgan fingerprint density at radius 3 is 2.48 bits per heavy atom. The molecule has 1 aromatic heterocycles. The summed E-state index contributed by atoms with van der Waals surface area (Å²) < 4.78 is 0. The van der Waals surface area contributed by atoms with Crippen molar-refractivity contribution in [1.82, 2.24) is 9.97 Å². The maximum Gasteiger partial charge on any atom is 0.148 e. The van der Waals surface area contributed by atoms with Crippen molar-refractivity contribution >= 4 is 17.6 Å². The van der Waals surface area contributed by atoms with E-state index in [1.807, 2.05) is 12.4 Å². The number of aromatic nitrogens is 2. The van der Waals surface area contributed by atoms with Crippen LogP contribution in [0.25, 0.3) is 0 Å². The zero-order valence-electron chi connectivity index (χ0n) is 13.1. The summed E-state index contributed by atoms with van der Waals surface area (Å²) in [6.45, 7) is 2.24. The summed E-state index contributed by atoms with van der Waals surface area (Å²) in [5, 5.41) is 1.01. The largest absolute Gasteiger partial charge is 0.355 e. The van der Waals surface area contributed by atoms with Gasteiger partial charge in [0, 0.05) is 18.8 Å². The Kier molecular flexibility index (Phi) is 4.33. The van der Waals surface area contributed by atoms with Crippen LogP contribution in [0.2, 0.25) is 0 Å². The van der Waals surface area contributed by atoms with Crippen molar-refractivity contribution in [1.29, 1.82) is 0 Å². The molecule has 0 spiro atoms. The van der Waals surface area contributed by atoms with Crippen molar-refractivity contribution in [2.75, 3.05) is 18.0 Å². The lowest BCUT2D eigenvalue weighted by Gasteiger charge is -2.17. The minimum absolute atomic E-state index is 0.794. The van der Waals surface area contributed by atoms with Crippen LogP contribution in [-0.2, 0) is 5.75 Å². The van der Waals surface area contributed by atoms with Crippen molar-refractivity contribution in [3.63, 3.8) is 0 Å². The maximum absolute atomic E-state index is 4.83. The molecule has 1 fully saturated rings. The second-order valence-electron chi connectivity index (χ2n) is 6.36. The number of rotatable bonds is 4. The van der Waals surface area contributed by atoms with Crippen LogP contribution in [0, 0.1) is 11.8 Å². The summed E-state index contributed by atoms with van der Waals surface area (Å²) in [7, 11) is 0. The smallest absolute Gasteiger partial charge is 0.148 e. The van der Waals surface area contributed by atoms with Gasteiger partial charge in [-0.15, -0.1) is 11.8 Å². The quantitative estimate of drug-likeness (QED) is 0.624. The van der Waals surface area contributed by atoms with Gasteiger partial charge in [-0.3, -0.25) is 4.98 Å². The zero-order valence-corrected chi connectivity index (χ0v) is 14.0. The van der Waals surface area contributed by atoms with Crippen LogP contribution in [0.5, 0.6) is 0 Å². The highest BCUT2D eigenvalue weighted by atomic mass is 32.2. The minimum atomic E-state index is 0.794. The molecule has 0 radical (unpaired) electrons. The molecular weight excluding hydrogens is 302 g/mol. The van der Waals surface area contributed by atoms with Gasteiger partial charge in [-0.2, -0.15) is 0 Å². The van der Waals surface area contributed by atoms with Crippen LogP contribution in [0.3, 0.4) is 0 Å². The molecule has 2 aliphatic rings. The van der Waals surface area contributed by atoms with Crippen LogP contribution in [0.1, 0.15) is 18.4 Å². The summed E-state index contributed by atoms with van der Waals surface area (Å²) in [6, 6.07) is 10.5. The monoisotopic (exact) mass is 323 g/mol. The first-order chi connectivity index (χ1) is 11.4. The summed E-state index contributed by atoms with van der Waals surface area (Å²) in [4.78, 5) is 11.7. The van der Waals surface area contributed by atoms with Gasteiger partial charge in [0.15, 0.2) is 0 Å². The normalized spacial score (nSPS) is 23.0. The molecule has 2 aromatic rings. The van der Waals surface area contributed by atoms with E-state index >= 15 is 0 Å². The number of anilines is 1. The van der Waals surface area contributed by atoms with Gasteiger partial charge in [-0.1, -0.05) is 42.5 Å². The number of hydrogen-bond acceptors (Lipinski definition) is 4. The van der Waals surface area contributed by atoms with Crippen LogP contribution in [-0.4, -0.2) is 23.1 Å². The van der Waals surface area contributed by atoms with Gasteiger partial charge in [0.1, 0.15) is 10.8 Å². The molecule has 2 unspecified atom stereocenters. The highest BCUT2D eigenvalue weighted by Gasteiger charge is 2.33. The first kappa shape index (κ1) is 14.8. The number of allylic oxidation sites excluding steroid dienone is 2. The number of fused-ring (bicyclic) bond motifs is 1. The molecule has 3 nitrogen and oxygen atoms in total. The predicted octanol–water partition coefficient (Wildman–Crippen LogP) is 4.17. The average molecular weight is 323 g/mol. The molecule has 118 valence electrons. The molecule has 1 aliphatic heterocycles. The van der Waals surface area contributed by atoms with Crippen molar-refractivity contribution < 1.29 is 0 Å². The summed E-state index contributed by atoms with van der Waals surface area (Å²) in [5.41, 5.74) is 1.32. The lowest BCUT2D eigenvalue weighted by Crippen LogP contribution is -2.21. The maximum atomic E-state index is 4.83. The number of hydrogen-bond donors (Lipinski definition) is 0. The van der Waals surface area contributed by atoms with Crippen LogP contribution in [0.4, 0.5) is 5.82 Å². The number of benzene rings is 1. The van der Waals surface area contributed by atoms with Gasteiger partial charge in [-0.05, 0) is 30.2 Å². The third-order valence-electron chi connectivity index (χ3n) is 4.77. The van der Waals surface area contributed by atoms with E-state index in [-0.39, 0.29) is 0 Å². The molecule has 1 aromatic carbocycles. The van der Waals surface area contributed by atoms with Crippen LogP contribution in [0.15, 0.2) is 59.9 Å². The molecule has 4 rings (SSSR count). The van der Waals surface area contributed by atoms with E-state index in [4.69, 9.17) is 4.98 Å². The molecule has 0 N–H and O–H groups in total. The first-order valence-corrected chi connectivity index (χ1v) is 9.26. The third-order valence-corrected chi connectivity index (χ3v) is 5.74. The predicted molar refractivity (Wildman–Crippen MR) is 95.6 cm³/mol. The second-order valence-corrected chi connectivity index (χ2v) is 7.35. The molecular formula is C19H21N3S. The molecule has 2 heterocycles. The fourth-order valence-electron chi connectivity index (χ4n) is 3.49. The van der Waals surface area contributed by atoms with Gasteiger partial charge in [-0.25, -0.2) is 4.98 Å². The number of thioether (sulfide) groups is 1. The molecule has 0 amide bonds. The van der Waals surface area contributed by atoms with Gasteiger partial charge in [0.2, 0.25) is 0 Å². The van der Waals surface area contributed by atoms with E-state index < -0.39 is 0 Å². The van der Waals surface area contributed by atoms with Crippen LogP contribution < -0.4 is 4.90 Å². The van der Waals surface area contributed by atoms with E-state index in [0.29, 0.717) is 0 Å². The van der Waals surface area contributed by atoms with E-state index in [9.17, 15) is 0 Å². The van der Waals surface area contributed by atoms with E-state index in [1.54, 1.807) is 11.8 Å². The molecule has 4 heteroatoms. The SMILES string of the molecule is C1=CCC2CN(c3cncc(SCc4ccccc4)n3)CC2C1. The van der Waals surface area contributed by atoms with Gasteiger partial charge < -0.3 is 4.90 Å². The summed E-state index contributed by atoms with van der Waals surface area (Å²) in [5.74, 6) is 3.57. The highest BCUT2D eigenvalue weighted by molar-refractivity contribution is 7.98. The fourth-order valence-corrected chi connectivity index (χ4v) is 4.29. The van der Waals surface area contributed by atoms with Gasteiger partial charge >= 0.3 is 0 Å². The molecule has 23 heavy (non-hydrogen) atoms. The van der Waals surface area contributed by atoms with Gasteiger partial charge in [0.05, 0.1) is 12.4 Å². The highest BCUT2D eigenvalue weighted by Crippen LogP contribution is 2.35. The minimum Gasteiger partial charge on any atom is -0.355 e. The van der Waals surface area contributed by atoms with Gasteiger partial charge in [0.25, 0.3) is 0 Å². The fraction of sp³-hybridized carbons (Fsp3) is 0.368. The topological polar surface area (TPSA) is 29.0 Å². The van der Waals surface area contributed by atoms with Crippen molar-refractivity contribution in [3.05, 3.63) is 60.4 Å². The molecule has 0 bridgehead atoms. The molecule has 2 atom stereocenters. The second kappa shape index (κ2) is 6.75. The summed E-state index contributed by atoms with van der Waals surface area (Å²) in [6.07, 6.45) is 10.9. The lowest BCUT2D eigenvalue weighted by molar-refractivity contribution is 0.411. The van der Waals surface area contributed by atoms with E-state index in [2.05, 4.69) is 52.4 Å². The Balaban J connectivity index is 1.42. The van der Waals surface area contributed by atoms with Crippen LogP contribution >= 0.6 is 11.8 Å². The Morgan fingerprint density at radius 1 is 1.00 bits per heavy atom. The molecule has 1 saturated heterocycles. The Bertz CT molecular complexity index is 670. The zero-order chi connectivity index (χ0) is 15.5. The van der Waals surface area contributed by atoms with E-state index in [0.717, 1.165) is 41.5 Å². The third kappa shape index (κ3) is 3.42. The average Bonchev–Trinajstić information content (AvgIpc) is 3.05. The Hall–Kier alpha value is -1.81. The molecule has 1 aliphatic carbocycles. The first-order valence-electron chi connectivity index (χ1n) is 8.27. The summed E-state index contributed by atoms with van der Waals surface area (Å²) >= 11 is 1.76. The Morgan fingerprint density at radius 2 is 1.74 bits per heavy atom. The Labute approximate surface area is 141 Å². The standard InChI is InChI=1S/C19H21N3S/c1-2-6-15(7-3-1)14-23-19-11-20-10-18(21-19)22-12-16-8-4-5-9-17(16)13-22/h1-7,10-11,16-17H,8-9,12-14H2. The molecule has 0 saturated carbocycles. The lowest BCUT2D eigenvalue weighted by atomic mass is 9.86. The van der Waals surface area contributed by atoms with E-state index in [1.165, 1.54) is 18.4 Å². The number of nitrogens with zero attached hydrogens (tertiary/aromatic N) is 3. The van der Waals surface area contributed by atoms with Crippen molar-refractivity contribution in [3.8, 4) is 0 Å².